The summed E-state index contributed by atoms with van der Waals surface area (Å²) in [7, 11) is 0. The van der Waals surface area contributed by atoms with E-state index >= 15 is 0 Å². The van der Waals surface area contributed by atoms with E-state index in [1.807, 2.05) is 37.3 Å². The second kappa shape index (κ2) is 7.02. The maximum Gasteiger partial charge on any atom is 0.414 e. The quantitative estimate of drug-likeness (QED) is 0.908. The van der Waals surface area contributed by atoms with Gasteiger partial charge in [0.25, 0.3) is 0 Å². The molecule has 1 aliphatic carbocycles. The average Bonchev–Trinajstić information content (AvgIpc) is 3.22. The van der Waals surface area contributed by atoms with Gasteiger partial charge < -0.3 is 10.1 Å². The van der Waals surface area contributed by atoms with E-state index in [0.717, 1.165) is 18.5 Å². The number of nitrogens with zero attached hydrogens (tertiary/aromatic N) is 1. The summed E-state index contributed by atoms with van der Waals surface area (Å²) in [4.78, 5) is 25.8. The molecule has 1 aromatic carbocycles. The van der Waals surface area contributed by atoms with Crippen molar-refractivity contribution in [3.63, 3.8) is 0 Å². The molecule has 3 rings (SSSR count). The SMILES string of the molecule is CC(C(=O)NCC1CN(c2ccccc2)C(=O)O1)C1CCCC1. The number of hydrogen-bond acceptors (Lipinski definition) is 3. The highest BCUT2D eigenvalue weighted by molar-refractivity contribution is 5.89. The van der Waals surface area contributed by atoms with Gasteiger partial charge in [0.2, 0.25) is 5.91 Å². The van der Waals surface area contributed by atoms with Crippen LogP contribution in [-0.4, -0.2) is 31.2 Å². The van der Waals surface area contributed by atoms with Crippen molar-refractivity contribution < 1.29 is 14.3 Å². The van der Waals surface area contributed by atoms with Crippen LogP contribution in [0.4, 0.5) is 10.5 Å². The molecule has 2 unspecified atom stereocenters. The summed E-state index contributed by atoms with van der Waals surface area (Å²) in [6.07, 6.45) is 4.12. The van der Waals surface area contributed by atoms with Gasteiger partial charge in [-0.05, 0) is 30.9 Å². The molecule has 0 radical (unpaired) electrons. The minimum absolute atomic E-state index is 0.0415. The third-order valence-electron chi connectivity index (χ3n) is 4.97. The molecule has 1 aromatic rings. The highest BCUT2D eigenvalue weighted by atomic mass is 16.6. The summed E-state index contributed by atoms with van der Waals surface area (Å²) in [6, 6.07) is 9.45. The Morgan fingerprint density at radius 1 is 1.30 bits per heavy atom. The average molecular weight is 316 g/mol. The lowest BCUT2D eigenvalue weighted by Crippen LogP contribution is -2.39. The Morgan fingerprint density at radius 3 is 2.70 bits per heavy atom. The maximum absolute atomic E-state index is 12.3. The van der Waals surface area contributed by atoms with Crippen LogP contribution in [0.15, 0.2) is 30.3 Å². The molecule has 5 heteroatoms. The molecule has 0 bridgehead atoms. The van der Waals surface area contributed by atoms with Gasteiger partial charge in [-0.3, -0.25) is 9.69 Å². The van der Waals surface area contributed by atoms with E-state index in [9.17, 15) is 9.59 Å². The fourth-order valence-electron chi connectivity index (χ4n) is 3.49. The summed E-state index contributed by atoms with van der Waals surface area (Å²) in [5.41, 5.74) is 0.825. The Bertz CT molecular complexity index is 555. The number of carbonyl (C=O) groups is 2. The van der Waals surface area contributed by atoms with E-state index in [1.165, 1.54) is 12.8 Å². The molecule has 1 saturated heterocycles. The molecule has 1 aliphatic heterocycles. The van der Waals surface area contributed by atoms with Gasteiger partial charge in [-0.2, -0.15) is 0 Å². The van der Waals surface area contributed by atoms with Crippen molar-refractivity contribution in [1.29, 1.82) is 0 Å². The summed E-state index contributed by atoms with van der Waals surface area (Å²) in [6.45, 7) is 2.86. The highest BCUT2D eigenvalue weighted by Crippen LogP contribution is 2.31. The van der Waals surface area contributed by atoms with Gasteiger partial charge >= 0.3 is 6.09 Å². The molecular weight excluding hydrogens is 292 g/mol. The molecule has 2 fully saturated rings. The van der Waals surface area contributed by atoms with Crippen LogP contribution in [0.1, 0.15) is 32.6 Å². The zero-order chi connectivity index (χ0) is 16.2. The van der Waals surface area contributed by atoms with Gasteiger partial charge in [-0.25, -0.2) is 4.79 Å². The van der Waals surface area contributed by atoms with Crippen LogP contribution in [0.2, 0.25) is 0 Å². The van der Waals surface area contributed by atoms with E-state index in [0.29, 0.717) is 19.0 Å². The number of anilines is 1. The van der Waals surface area contributed by atoms with Crippen molar-refractivity contribution in [2.45, 2.75) is 38.7 Å². The van der Waals surface area contributed by atoms with Crippen LogP contribution in [-0.2, 0) is 9.53 Å². The fraction of sp³-hybridized carbons (Fsp3) is 0.556. The molecule has 0 aromatic heterocycles. The van der Waals surface area contributed by atoms with Gasteiger partial charge in [0.15, 0.2) is 0 Å². The van der Waals surface area contributed by atoms with Gasteiger partial charge in [0.05, 0.1) is 13.1 Å². The van der Waals surface area contributed by atoms with E-state index < -0.39 is 0 Å². The molecule has 1 N–H and O–H groups in total. The number of ether oxygens (including phenoxy) is 1. The maximum atomic E-state index is 12.3. The Labute approximate surface area is 137 Å². The standard InChI is InChI=1S/C18H24N2O3/c1-13(14-7-5-6-8-14)17(21)19-11-16-12-20(18(22)23-16)15-9-3-2-4-10-15/h2-4,9-10,13-14,16H,5-8,11-12H2,1H3,(H,19,21). The number of carbonyl (C=O) groups excluding carboxylic acids is 2. The molecule has 5 nitrogen and oxygen atoms in total. The number of para-hydroxylation sites is 1. The summed E-state index contributed by atoms with van der Waals surface area (Å²) in [5, 5.41) is 2.95. The first-order valence-electron chi connectivity index (χ1n) is 8.46. The number of hydrogen-bond donors (Lipinski definition) is 1. The van der Waals surface area contributed by atoms with E-state index in [2.05, 4.69) is 5.32 Å². The molecule has 23 heavy (non-hydrogen) atoms. The second-order valence-electron chi connectivity index (χ2n) is 6.53. The Hall–Kier alpha value is -2.04. The van der Waals surface area contributed by atoms with E-state index in [1.54, 1.807) is 4.90 Å². The summed E-state index contributed by atoms with van der Waals surface area (Å²) in [5.74, 6) is 0.618. The van der Waals surface area contributed by atoms with Crippen LogP contribution in [0, 0.1) is 11.8 Å². The van der Waals surface area contributed by atoms with Crippen LogP contribution in [0.5, 0.6) is 0 Å². The topological polar surface area (TPSA) is 58.6 Å². The van der Waals surface area contributed by atoms with Crippen molar-refractivity contribution in [2.75, 3.05) is 18.0 Å². The Morgan fingerprint density at radius 2 is 2.00 bits per heavy atom. The molecule has 124 valence electrons. The predicted octanol–water partition coefficient (Wildman–Crippen LogP) is 2.95. The van der Waals surface area contributed by atoms with Gasteiger partial charge in [0, 0.05) is 11.6 Å². The number of benzene rings is 1. The van der Waals surface area contributed by atoms with Gasteiger partial charge in [-0.1, -0.05) is 38.0 Å². The lowest BCUT2D eigenvalue weighted by atomic mass is 9.92. The molecule has 0 spiro atoms. The van der Waals surface area contributed by atoms with E-state index in [4.69, 9.17) is 4.74 Å². The van der Waals surface area contributed by atoms with E-state index in [-0.39, 0.29) is 24.0 Å². The Balaban J connectivity index is 1.49. The fourth-order valence-corrected chi connectivity index (χ4v) is 3.49. The van der Waals surface area contributed by atoms with Crippen LogP contribution >= 0.6 is 0 Å². The third-order valence-corrected chi connectivity index (χ3v) is 4.97. The predicted molar refractivity (Wildman–Crippen MR) is 88.2 cm³/mol. The zero-order valence-corrected chi connectivity index (χ0v) is 13.5. The molecular formula is C18H24N2O3. The summed E-state index contributed by atoms with van der Waals surface area (Å²) >= 11 is 0. The number of rotatable bonds is 5. The van der Waals surface area contributed by atoms with Crippen molar-refractivity contribution in [3.05, 3.63) is 30.3 Å². The number of nitrogens with one attached hydrogen (secondary N) is 1. The van der Waals surface area contributed by atoms with Crippen molar-refractivity contribution in [3.8, 4) is 0 Å². The summed E-state index contributed by atoms with van der Waals surface area (Å²) < 4.78 is 5.36. The normalized spacial score (nSPS) is 22.9. The second-order valence-corrected chi connectivity index (χ2v) is 6.53. The van der Waals surface area contributed by atoms with Crippen LogP contribution in [0.3, 0.4) is 0 Å². The van der Waals surface area contributed by atoms with Crippen LogP contribution in [0.25, 0.3) is 0 Å². The molecule has 1 saturated carbocycles. The minimum atomic E-state index is -0.348. The largest absolute Gasteiger partial charge is 0.442 e. The van der Waals surface area contributed by atoms with Crippen molar-refractivity contribution in [2.24, 2.45) is 11.8 Å². The van der Waals surface area contributed by atoms with Gasteiger partial charge in [-0.15, -0.1) is 0 Å². The first kappa shape index (κ1) is 15.8. The zero-order valence-electron chi connectivity index (χ0n) is 13.5. The number of cyclic esters (lactones) is 1. The Kier molecular flexibility index (Phi) is 4.84. The first-order chi connectivity index (χ1) is 11.1. The minimum Gasteiger partial charge on any atom is -0.442 e. The molecule has 2 amide bonds. The van der Waals surface area contributed by atoms with Gasteiger partial charge in [0.1, 0.15) is 6.10 Å². The van der Waals surface area contributed by atoms with Crippen molar-refractivity contribution in [1.82, 2.24) is 5.32 Å². The van der Waals surface area contributed by atoms with Crippen molar-refractivity contribution >= 4 is 17.7 Å². The monoisotopic (exact) mass is 316 g/mol. The molecule has 2 atom stereocenters. The lowest BCUT2D eigenvalue weighted by Gasteiger charge is -2.19. The first-order valence-corrected chi connectivity index (χ1v) is 8.46. The lowest BCUT2D eigenvalue weighted by molar-refractivity contribution is -0.126. The van der Waals surface area contributed by atoms with Crippen LogP contribution < -0.4 is 10.2 Å². The highest BCUT2D eigenvalue weighted by Gasteiger charge is 2.33. The smallest absolute Gasteiger partial charge is 0.414 e. The molecule has 2 aliphatic rings. The molecule has 1 heterocycles. The third kappa shape index (κ3) is 3.66. The number of amides is 2.